The van der Waals surface area contributed by atoms with Gasteiger partial charge < -0.3 is 4.74 Å². The van der Waals surface area contributed by atoms with Gasteiger partial charge in [0, 0.05) is 12.6 Å². The lowest BCUT2D eigenvalue weighted by Gasteiger charge is -2.24. The Morgan fingerprint density at radius 1 is 1.30 bits per heavy atom. The summed E-state index contributed by atoms with van der Waals surface area (Å²) >= 11 is 0. The minimum atomic E-state index is -0.818. The normalized spacial score (nSPS) is 20.9. The summed E-state index contributed by atoms with van der Waals surface area (Å²) in [6.07, 6.45) is 6.16. The number of halogens is 2. The van der Waals surface area contributed by atoms with Crippen molar-refractivity contribution in [2.24, 2.45) is 5.84 Å². The third kappa shape index (κ3) is 4.51. The zero-order valence-corrected chi connectivity index (χ0v) is 11.6. The molecule has 3 nitrogen and oxygen atoms in total. The van der Waals surface area contributed by atoms with Crippen molar-refractivity contribution in [1.29, 1.82) is 0 Å². The second-order valence-electron chi connectivity index (χ2n) is 5.38. The number of hydrogen-bond acceptors (Lipinski definition) is 3. The maximum Gasteiger partial charge on any atom is 0.159 e. The Hall–Kier alpha value is -1.04. The molecule has 2 rings (SSSR count). The van der Waals surface area contributed by atoms with E-state index in [1.165, 1.54) is 12.5 Å². The molecule has 5 heteroatoms. The number of nitrogens with two attached hydrogens (primary N) is 1. The van der Waals surface area contributed by atoms with Crippen LogP contribution >= 0.6 is 0 Å². The van der Waals surface area contributed by atoms with Crippen LogP contribution in [0.15, 0.2) is 18.2 Å². The highest BCUT2D eigenvalue weighted by Gasteiger charge is 2.17. The molecule has 1 aromatic rings. The van der Waals surface area contributed by atoms with E-state index in [0.29, 0.717) is 12.5 Å². The molecule has 1 aliphatic rings. The molecule has 112 valence electrons. The van der Waals surface area contributed by atoms with E-state index in [1.54, 1.807) is 6.07 Å². The van der Waals surface area contributed by atoms with Crippen LogP contribution in [0.25, 0.3) is 0 Å². The summed E-state index contributed by atoms with van der Waals surface area (Å²) in [5.41, 5.74) is 3.50. The van der Waals surface area contributed by atoms with Gasteiger partial charge in [-0.05, 0) is 56.2 Å². The van der Waals surface area contributed by atoms with Crippen molar-refractivity contribution in [3.8, 4) is 0 Å². The summed E-state index contributed by atoms with van der Waals surface area (Å²) in [6, 6.07) is 4.03. The van der Waals surface area contributed by atoms with Gasteiger partial charge in [0.15, 0.2) is 11.6 Å². The highest BCUT2D eigenvalue weighted by atomic mass is 19.2. The Balaban J connectivity index is 1.83. The molecule has 20 heavy (non-hydrogen) atoms. The first kappa shape index (κ1) is 15.4. The quantitative estimate of drug-likeness (QED) is 0.623. The molecule has 2 unspecified atom stereocenters. The predicted octanol–water partition coefficient (Wildman–Crippen LogP) is 2.69. The summed E-state index contributed by atoms with van der Waals surface area (Å²) in [5.74, 6) is 3.92. The molecule has 1 aliphatic heterocycles. The number of hydrogen-bond donors (Lipinski definition) is 2. The summed E-state index contributed by atoms with van der Waals surface area (Å²) in [5, 5.41) is 0. The molecule has 0 amide bonds. The lowest BCUT2D eigenvalue weighted by molar-refractivity contribution is 0.00858. The predicted molar refractivity (Wildman–Crippen MR) is 74.0 cm³/mol. The molecule has 1 heterocycles. The molecule has 0 radical (unpaired) electrons. The van der Waals surface area contributed by atoms with Crippen molar-refractivity contribution in [2.75, 3.05) is 6.61 Å². The SMILES string of the molecule is NNC(CCC1CCCCO1)Cc1ccc(F)c(F)c1. The maximum absolute atomic E-state index is 13.2. The van der Waals surface area contributed by atoms with Gasteiger partial charge in [0.05, 0.1) is 6.10 Å². The smallest absolute Gasteiger partial charge is 0.159 e. The van der Waals surface area contributed by atoms with Crippen LogP contribution in [-0.4, -0.2) is 18.8 Å². The zero-order valence-electron chi connectivity index (χ0n) is 11.6. The minimum Gasteiger partial charge on any atom is -0.378 e. The van der Waals surface area contributed by atoms with E-state index in [-0.39, 0.29) is 6.04 Å². The van der Waals surface area contributed by atoms with E-state index in [2.05, 4.69) is 5.43 Å². The molecule has 1 fully saturated rings. The monoisotopic (exact) mass is 284 g/mol. The van der Waals surface area contributed by atoms with Crippen LogP contribution in [0, 0.1) is 11.6 Å². The number of rotatable bonds is 6. The number of hydrazine groups is 1. The molecule has 0 bridgehead atoms. The second kappa shape index (κ2) is 7.67. The van der Waals surface area contributed by atoms with E-state index >= 15 is 0 Å². The first-order valence-electron chi connectivity index (χ1n) is 7.20. The Morgan fingerprint density at radius 3 is 2.80 bits per heavy atom. The lowest BCUT2D eigenvalue weighted by Crippen LogP contribution is -2.37. The molecule has 0 saturated carbocycles. The third-order valence-corrected chi connectivity index (χ3v) is 3.81. The highest BCUT2D eigenvalue weighted by Crippen LogP contribution is 2.19. The van der Waals surface area contributed by atoms with Crippen molar-refractivity contribution < 1.29 is 13.5 Å². The fourth-order valence-electron chi connectivity index (χ4n) is 2.62. The van der Waals surface area contributed by atoms with Crippen molar-refractivity contribution in [3.05, 3.63) is 35.4 Å². The van der Waals surface area contributed by atoms with Gasteiger partial charge in [0.25, 0.3) is 0 Å². The van der Waals surface area contributed by atoms with Gasteiger partial charge in [-0.2, -0.15) is 0 Å². The van der Waals surface area contributed by atoms with Crippen LogP contribution in [0.3, 0.4) is 0 Å². The van der Waals surface area contributed by atoms with Crippen LogP contribution < -0.4 is 11.3 Å². The Bertz CT molecular complexity index is 422. The summed E-state index contributed by atoms with van der Waals surface area (Å²) < 4.78 is 31.7. The standard InChI is InChI=1S/C15H22F2N2O/c16-14-7-4-11(10-15(14)17)9-12(19-18)5-6-13-3-1-2-8-20-13/h4,7,10,12-13,19H,1-3,5-6,8-9,18H2. The van der Waals surface area contributed by atoms with Crippen molar-refractivity contribution in [2.45, 2.75) is 50.7 Å². The second-order valence-corrected chi connectivity index (χ2v) is 5.38. The van der Waals surface area contributed by atoms with Gasteiger partial charge in [-0.25, -0.2) is 8.78 Å². The molecule has 0 aromatic heterocycles. The number of nitrogens with one attached hydrogen (secondary N) is 1. The molecular weight excluding hydrogens is 262 g/mol. The first-order valence-corrected chi connectivity index (χ1v) is 7.20. The average Bonchev–Trinajstić information content (AvgIpc) is 2.48. The molecule has 2 atom stereocenters. The fourth-order valence-corrected chi connectivity index (χ4v) is 2.62. The zero-order chi connectivity index (χ0) is 14.4. The Morgan fingerprint density at radius 2 is 2.15 bits per heavy atom. The fraction of sp³-hybridized carbons (Fsp3) is 0.600. The highest BCUT2D eigenvalue weighted by molar-refractivity contribution is 5.18. The molecule has 1 aromatic carbocycles. The van der Waals surface area contributed by atoms with Gasteiger partial charge in [0.1, 0.15) is 0 Å². The van der Waals surface area contributed by atoms with Gasteiger partial charge in [-0.1, -0.05) is 6.07 Å². The molecule has 0 aliphatic carbocycles. The van der Waals surface area contributed by atoms with Crippen molar-refractivity contribution in [3.63, 3.8) is 0 Å². The van der Waals surface area contributed by atoms with Crippen LogP contribution in [0.1, 0.15) is 37.7 Å². The third-order valence-electron chi connectivity index (χ3n) is 3.81. The maximum atomic E-state index is 13.2. The Labute approximate surface area is 118 Å². The molecule has 3 N–H and O–H groups in total. The summed E-state index contributed by atoms with van der Waals surface area (Å²) in [6.45, 7) is 0.842. The average molecular weight is 284 g/mol. The van der Waals surface area contributed by atoms with Crippen LogP contribution in [-0.2, 0) is 11.2 Å². The summed E-state index contributed by atoms with van der Waals surface area (Å²) in [7, 11) is 0. The lowest BCUT2D eigenvalue weighted by atomic mass is 9.98. The molecule has 0 spiro atoms. The van der Waals surface area contributed by atoms with E-state index < -0.39 is 11.6 Å². The van der Waals surface area contributed by atoms with Crippen LogP contribution in [0.4, 0.5) is 8.78 Å². The summed E-state index contributed by atoms with van der Waals surface area (Å²) in [4.78, 5) is 0. The minimum absolute atomic E-state index is 0.0467. The topological polar surface area (TPSA) is 47.3 Å². The first-order chi connectivity index (χ1) is 9.69. The van der Waals surface area contributed by atoms with Crippen LogP contribution in [0.5, 0.6) is 0 Å². The van der Waals surface area contributed by atoms with Crippen molar-refractivity contribution in [1.82, 2.24) is 5.43 Å². The largest absolute Gasteiger partial charge is 0.378 e. The van der Waals surface area contributed by atoms with Gasteiger partial charge >= 0.3 is 0 Å². The van der Waals surface area contributed by atoms with Crippen molar-refractivity contribution >= 4 is 0 Å². The van der Waals surface area contributed by atoms with Gasteiger partial charge in [0.2, 0.25) is 0 Å². The van der Waals surface area contributed by atoms with Gasteiger partial charge in [-0.15, -0.1) is 0 Å². The molecular formula is C15H22F2N2O. The Kier molecular flexibility index (Phi) is 5.88. The van der Waals surface area contributed by atoms with E-state index in [1.807, 2.05) is 0 Å². The van der Waals surface area contributed by atoms with Crippen LogP contribution in [0.2, 0.25) is 0 Å². The molecule has 1 saturated heterocycles. The number of ether oxygens (including phenoxy) is 1. The van der Waals surface area contributed by atoms with E-state index in [9.17, 15) is 8.78 Å². The van der Waals surface area contributed by atoms with Gasteiger partial charge in [-0.3, -0.25) is 11.3 Å². The number of benzene rings is 1. The van der Waals surface area contributed by atoms with E-state index in [4.69, 9.17) is 10.6 Å². The van der Waals surface area contributed by atoms with E-state index in [0.717, 1.165) is 43.9 Å².